The zero-order valence-corrected chi connectivity index (χ0v) is 8.75. The molecule has 13 heavy (non-hydrogen) atoms. The van der Waals surface area contributed by atoms with Crippen molar-refractivity contribution in [3.8, 4) is 0 Å². The van der Waals surface area contributed by atoms with Gasteiger partial charge in [0.05, 0.1) is 6.10 Å². The summed E-state index contributed by atoms with van der Waals surface area (Å²) < 4.78 is 5.70. The van der Waals surface area contributed by atoms with Gasteiger partial charge in [0, 0.05) is 6.61 Å². The average Bonchev–Trinajstić information content (AvgIpc) is 2.26. The summed E-state index contributed by atoms with van der Waals surface area (Å²) in [6.07, 6.45) is 8.18. The van der Waals surface area contributed by atoms with Gasteiger partial charge in [-0.15, -0.1) is 0 Å². The molecule has 1 heterocycles. The predicted octanol–water partition coefficient (Wildman–Crippen LogP) is 3.32. The fourth-order valence-corrected chi connectivity index (χ4v) is 1.65. The number of rotatable bonds is 2. The highest BCUT2D eigenvalue weighted by Crippen LogP contribution is 2.20. The van der Waals surface area contributed by atoms with Crippen LogP contribution in [-0.2, 0) is 4.74 Å². The van der Waals surface area contributed by atoms with E-state index in [1.54, 1.807) is 0 Å². The molecule has 1 nitrogen and oxygen atoms in total. The van der Waals surface area contributed by atoms with Gasteiger partial charge in [-0.25, -0.2) is 0 Å². The predicted molar refractivity (Wildman–Crippen MR) is 56.7 cm³/mol. The second-order valence-electron chi connectivity index (χ2n) is 4.10. The first-order chi connectivity index (χ1) is 6.18. The maximum atomic E-state index is 5.70. The Morgan fingerprint density at radius 3 is 3.00 bits per heavy atom. The molecule has 2 atom stereocenters. The summed E-state index contributed by atoms with van der Waals surface area (Å²) in [5, 5.41) is 0. The highest BCUT2D eigenvalue weighted by Gasteiger charge is 2.14. The van der Waals surface area contributed by atoms with Crippen LogP contribution in [-0.4, -0.2) is 12.7 Å². The zero-order chi connectivity index (χ0) is 9.68. The highest BCUT2D eigenvalue weighted by molar-refractivity contribution is 5.12. The Morgan fingerprint density at radius 2 is 2.31 bits per heavy atom. The summed E-state index contributed by atoms with van der Waals surface area (Å²) in [7, 11) is 0. The van der Waals surface area contributed by atoms with Gasteiger partial charge >= 0.3 is 0 Å². The lowest BCUT2D eigenvalue weighted by atomic mass is 9.99. The third-order valence-electron chi connectivity index (χ3n) is 2.40. The Labute approximate surface area is 81.5 Å². The van der Waals surface area contributed by atoms with Gasteiger partial charge in [0.15, 0.2) is 0 Å². The van der Waals surface area contributed by atoms with E-state index in [1.807, 2.05) is 6.92 Å². The van der Waals surface area contributed by atoms with Crippen molar-refractivity contribution in [2.24, 2.45) is 5.92 Å². The summed E-state index contributed by atoms with van der Waals surface area (Å²) >= 11 is 0. The summed E-state index contributed by atoms with van der Waals surface area (Å²) in [5.41, 5.74) is 1.10. The molecule has 0 aromatic rings. The van der Waals surface area contributed by atoms with Gasteiger partial charge in [-0.1, -0.05) is 31.2 Å². The fourth-order valence-electron chi connectivity index (χ4n) is 1.65. The minimum Gasteiger partial charge on any atom is -0.374 e. The van der Waals surface area contributed by atoms with E-state index in [-0.39, 0.29) is 0 Å². The van der Waals surface area contributed by atoms with Gasteiger partial charge < -0.3 is 4.74 Å². The van der Waals surface area contributed by atoms with Crippen LogP contribution >= 0.6 is 0 Å². The van der Waals surface area contributed by atoms with Gasteiger partial charge in [-0.3, -0.25) is 0 Å². The van der Waals surface area contributed by atoms with Crippen LogP contribution in [0.5, 0.6) is 0 Å². The van der Waals surface area contributed by atoms with Crippen molar-refractivity contribution >= 4 is 0 Å². The van der Waals surface area contributed by atoms with Crippen molar-refractivity contribution in [3.05, 3.63) is 24.3 Å². The minimum atomic E-state index is 0.314. The molecule has 1 aliphatic rings. The lowest BCUT2D eigenvalue weighted by molar-refractivity contribution is 0.0883. The molecule has 0 radical (unpaired) electrons. The molecule has 1 aliphatic heterocycles. The number of hydrogen-bond acceptors (Lipinski definition) is 1. The minimum absolute atomic E-state index is 0.314. The standard InChI is InChI=1S/C12H20O/c1-10(2)6-7-12-9-11(3)5-4-8-13-12/h6-7,11-12H,1,4-5,8-9H2,2-3H3/b7-6+/t11-,12+/m0/s1. The third kappa shape index (κ3) is 4.28. The van der Waals surface area contributed by atoms with E-state index in [9.17, 15) is 0 Å². The maximum Gasteiger partial charge on any atom is 0.0761 e. The molecule has 0 aromatic heterocycles. The Kier molecular flexibility index (Phi) is 4.23. The summed E-state index contributed by atoms with van der Waals surface area (Å²) in [4.78, 5) is 0. The molecule has 0 saturated carbocycles. The van der Waals surface area contributed by atoms with Crippen molar-refractivity contribution in [1.29, 1.82) is 0 Å². The first kappa shape index (κ1) is 10.5. The molecule has 1 rings (SSSR count). The van der Waals surface area contributed by atoms with Gasteiger partial charge in [0.1, 0.15) is 0 Å². The van der Waals surface area contributed by atoms with E-state index >= 15 is 0 Å². The molecule has 0 aromatic carbocycles. The average molecular weight is 180 g/mol. The SMILES string of the molecule is C=C(C)/C=C/[C@@H]1C[C@@H](C)CCCO1. The molecule has 1 fully saturated rings. The van der Waals surface area contributed by atoms with Crippen molar-refractivity contribution in [3.63, 3.8) is 0 Å². The van der Waals surface area contributed by atoms with Gasteiger partial charge in [-0.05, 0) is 32.1 Å². The van der Waals surface area contributed by atoms with Crippen molar-refractivity contribution in [1.82, 2.24) is 0 Å². The summed E-state index contributed by atoms with van der Waals surface area (Å²) in [6, 6.07) is 0. The molecule has 0 N–H and O–H groups in total. The smallest absolute Gasteiger partial charge is 0.0761 e. The third-order valence-corrected chi connectivity index (χ3v) is 2.40. The number of ether oxygens (including phenoxy) is 1. The van der Waals surface area contributed by atoms with Crippen LogP contribution in [0.15, 0.2) is 24.3 Å². The molecule has 0 unspecified atom stereocenters. The zero-order valence-electron chi connectivity index (χ0n) is 8.75. The maximum absolute atomic E-state index is 5.70. The second kappa shape index (κ2) is 5.23. The normalized spacial score (nSPS) is 30.3. The van der Waals surface area contributed by atoms with E-state index in [4.69, 9.17) is 4.74 Å². The molecule has 74 valence electrons. The Morgan fingerprint density at radius 1 is 1.54 bits per heavy atom. The van der Waals surface area contributed by atoms with E-state index < -0.39 is 0 Å². The molecule has 0 spiro atoms. The monoisotopic (exact) mass is 180 g/mol. The molecule has 1 heteroatoms. The topological polar surface area (TPSA) is 9.23 Å². The van der Waals surface area contributed by atoms with Crippen LogP contribution in [0.25, 0.3) is 0 Å². The Balaban J connectivity index is 2.43. The van der Waals surface area contributed by atoms with Gasteiger partial charge in [0.25, 0.3) is 0 Å². The van der Waals surface area contributed by atoms with Crippen molar-refractivity contribution in [2.45, 2.75) is 39.2 Å². The van der Waals surface area contributed by atoms with Crippen LogP contribution in [0.2, 0.25) is 0 Å². The van der Waals surface area contributed by atoms with E-state index in [1.165, 1.54) is 12.8 Å². The van der Waals surface area contributed by atoms with E-state index in [2.05, 4.69) is 25.7 Å². The van der Waals surface area contributed by atoms with E-state index in [0.717, 1.165) is 24.5 Å². The molecule has 1 saturated heterocycles. The fraction of sp³-hybridized carbons (Fsp3) is 0.667. The molecule has 0 bridgehead atoms. The second-order valence-corrected chi connectivity index (χ2v) is 4.10. The number of hydrogen-bond donors (Lipinski definition) is 0. The van der Waals surface area contributed by atoms with Crippen LogP contribution < -0.4 is 0 Å². The first-order valence-electron chi connectivity index (χ1n) is 5.14. The first-order valence-corrected chi connectivity index (χ1v) is 5.14. The van der Waals surface area contributed by atoms with Crippen LogP contribution in [0.4, 0.5) is 0 Å². The number of allylic oxidation sites excluding steroid dienone is 2. The van der Waals surface area contributed by atoms with Crippen LogP contribution in [0, 0.1) is 5.92 Å². The van der Waals surface area contributed by atoms with Crippen molar-refractivity contribution in [2.75, 3.05) is 6.61 Å². The highest BCUT2D eigenvalue weighted by atomic mass is 16.5. The molecule has 0 aliphatic carbocycles. The quantitative estimate of drug-likeness (QED) is 0.592. The van der Waals surface area contributed by atoms with Gasteiger partial charge in [0.2, 0.25) is 0 Å². The molecular weight excluding hydrogens is 160 g/mol. The lowest BCUT2D eigenvalue weighted by Gasteiger charge is -2.12. The van der Waals surface area contributed by atoms with Crippen LogP contribution in [0.1, 0.15) is 33.1 Å². The Hall–Kier alpha value is -0.560. The van der Waals surface area contributed by atoms with E-state index in [0.29, 0.717) is 6.10 Å². The lowest BCUT2D eigenvalue weighted by Crippen LogP contribution is -2.10. The van der Waals surface area contributed by atoms with Crippen molar-refractivity contribution < 1.29 is 4.74 Å². The molecule has 0 amide bonds. The Bertz CT molecular complexity index is 193. The van der Waals surface area contributed by atoms with Gasteiger partial charge in [-0.2, -0.15) is 0 Å². The summed E-state index contributed by atoms with van der Waals surface area (Å²) in [6.45, 7) is 9.06. The molecular formula is C12H20O. The summed E-state index contributed by atoms with van der Waals surface area (Å²) in [5.74, 6) is 0.794. The van der Waals surface area contributed by atoms with Crippen LogP contribution in [0.3, 0.4) is 0 Å². The largest absolute Gasteiger partial charge is 0.374 e.